The number of carbonyl (C=O) groups is 2. The van der Waals surface area contributed by atoms with Gasteiger partial charge in [0.05, 0.1) is 4.90 Å². The number of nitrogens with zero attached hydrogens (tertiary/aromatic N) is 1. The molecule has 0 radical (unpaired) electrons. The molecule has 0 aromatic heterocycles. The Bertz CT molecular complexity index is 1300. The molecule has 214 valence electrons. The number of ether oxygens (including phenoxy) is 1. The van der Waals surface area contributed by atoms with Crippen molar-refractivity contribution in [2.45, 2.75) is 50.6 Å². The molecule has 1 atom stereocenters. The lowest BCUT2D eigenvalue weighted by Gasteiger charge is -2.32. The SMILES string of the molecule is CCNS(=O)(=O)c1ccc(CCC(=O)N(Cc2ccccc2)C(C(=O)NCCCOCC)c2ccccc2)cc1. The summed E-state index contributed by atoms with van der Waals surface area (Å²) in [7, 11) is -3.55. The van der Waals surface area contributed by atoms with Gasteiger partial charge in [0.2, 0.25) is 21.8 Å². The molecule has 0 saturated heterocycles. The number of carbonyl (C=O) groups excluding carboxylic acids is 2. The summed E-state index contributed by atoms with van der Waals surface area (Å²) in [5.74, 6) is -0.420. The van der Waals surface area contributed by atoms with E-state index in [0.717, 1.165) is 16.7 Å². The van der Waals surface area contributed by atoms with Crippen molar-refractivity contribution in [3.8, 4) is 0 Å². The summed E-state index contributed by atoms with van der Waals surface area (Å²) >= 11 is 0. The molecule has 3 rings (SSSR count). The van der Waals surface area contributed by atoms with Crippen molar-refractivity contribution in [2.75, 3.05) is 26.3 Å². The zero-order valence-electron chi connectivity index (χ0n) is 23.2. The van der Waals surface area contributed by atoms with E-state index in [0.29, 0.717) is 39.1 Å². The fraction of sp³-hybridized carbons (Fsp3) is 0.355. The highest BCUT2D eigenvalue weighted by molar-refractivity contribution is 7.89. The van der Waals surface area contributed by atoms with Crippen molar-refractivity contribution in [3.05, 3.63) is 102 Å². The molecule has 0 spiro atoms. The maximum atomic E-state index is 13.8. The van der Waals surface area contributed by atoms with Gasteiger partial charge in [0.1, 0.15) is 6.04 Å². The molecule has 2 amide bonds. The normalized spacial score (nSPS) is 12.1. The van der Waals surface area contributed by atoms with E-state index in [9.17, 15) is 18.0 Å². The quantitative estimate of drug-likeness (QED) is 0.253. The lowest BCUT2D eigenvalue weighted by Crippen LogP contribution is -2.43. The largest absolute Gasteiger partial charge is 0.382 e. The van der Waals surface area contributed by atoms with Crippen LogP contribution in [0.4, 0.5) is 0 Å². The van der Waals surface area contributed by atoms with Crippen LogP contribution in [0.25, 0.3) is 0 Å². The van der Waals surface area contributed by atoms with Gasteiger partial charge in [-0.3, -0.25) is 9.59 Å². The minimum absolute atomic E-state index is 0.160. The fourth-order valence-electron chi connectivity index (χ4n) is 4.34. The number of rotatable bonds is 16. The highest BCUT2D eigenvalue weighted by Gasteiger charge is 2.31. The average molecular weight is 566 g/mol. The summed E-state index contributed by atoms with van der Waals surface area (Å²) in [6.07, 6.45) is 1.24. The highest BCUT2D eigenvalue weighted by Crippen LogP contribution is 2.25. The van der Waals surface area contributed by atoms with E-state index < -0.39 is 16.1 Å². The predicted octanol–water partition coefficient (Wildman–Crippen LogP) is 4.23. The Morgan fingerprint density at radius 1 is 0.875 bits per heavy atom. The van der Waals surface area contributed by atoms with E-state index in [2.05, 4.69) is 10.0 Å². The molecule has 8 nitrogen and oxygen atoms in total. The van der Waals surface area contributed by atoms with E-state index in [1.54, 1.807) is 36.1 Å². The van der Waals surface area contributed by atoms with Crippen LogP contribution in [0.3, 0.4) is 0 Å². The van der Waals surface area contributed by atoms with Crippen molar-refractivity contribution in [1.29, 1.82) is 0 Å². The monoisotopic (exact) mass is 565 g/mol. The topological polar surface area (TPSA) is 105 Å². The van der Waals surface area contributed by atoms with E-state index in [1.807, 2.05) is 67.6 Å². The van der Waals surface area contributed by atoms with Crippen molar-refractivity contribution in [2.24, 2.45) is 0 Å². The minimum Gasteiger partial charge on any atom is -0.382 e. The Morgan fingerprint density at radius 2 is 1.52 bits per heavy atom. The lowest BCUT2D eigenvalue weighted by atomic mass is 10.0. The van der Waals surface area contributed by atoms with E-state index in [4.69, 9.17) is 4.74 Å². The number of nitrogens with one attached hydrogen (secondary N) is 2. The summed E-state index contributed by atoms with van der Waals surface area (Å²) in [4.78, 5) is 29.2. The summed E-state index contributed by atoms with van der Waals surface area (Å²) < 4.78 is 32.4. The Balaban J connectivity index is 1.82. The lowest BCUT2D eigenvalue weighted by molar-refractivity contribution is -0.141. The van der Waals surface area contributed by atoms with Crippen LogP contribution in [0.1, 0.15) is 49.4 Å². The Morgan fingerprint density at radius 3 is 2.15 bits per heavy atom. The maximum Gasteiger partial charge on any atom is 0.247 e. The first kappa shape index (κ1) is 31.0. The van der Waals surface area contributed by atoms with Gasteiger partial charge in [-0.05, 0) is 48.6 Å². The number of benzene rings is 3. The van der Waals surface area contributed by atoms with Crippen molar-refractivity contribution in [3.63, 3.8) is 0 Å². The minimum atomic E-state index is -3.55. The standard InChI is InChI=1S/C31H39N3O5S/c1-3-33-40(37,38)28-19-16-25(17-20-28)18-21-29(35)34(24-26-12-7-5-8-13-26)30(27-14-9-6-10-15-27)31(36)32-22-11-23-39-4-2/h5-10,12-17,19-20,30,33H,3-4,11,18,21-24H2,1-2H3,(H,32,36). The third-order valence-electron chi connectivity index (χ3n) is 6.36. The Kier molecular flexibility index (Phi) is 12.3. The van der Waals surface area contributed by atoms with E-state index in [-0.39, 0.29) is 29.7 Å². The summed E-state index contributed by atoms with van der Waals surface area (Å²) in [6.45, 7) is 5.84. The molecule has 9 heteroatoms. The molecule has 1 unspecified atom stereocenters. The molecule has 40 heavy (non-hydrogen) atoms. The van der Waals surface area contributed by atoms with Crippen molar-refractivity contribution < 1.29 is 22.7 Å². The second-order valence-corrected chi connectivity index (χ2v) is 11.1. The molecule has 0 bridgehead atoms. The van der Waals surface area contributed by atoms with Gasteiger partial charge in [-0.25, -0.2) is 13.1 Å². The third-order valence-corrected chi connectivity index (χ3v) is 7.92. The average Bonchev–Trinajstić information content (AvgIpc) is 2.97. The molecular formula is C31H39N3O5S. The zero-order chi connectivity index (χ0) is 28.8. The van der Waals surface area contributed by atoms with Crippen molar-refractivity contribution in [1.82, 2.24) is 14.9 Å². The third kappa shape index (κ3) is 9.29. The van der Waals surface area contributed by atoms with Gasteiger partial charge in [0, 0.05) is 39.3 Å². The Hall–Kier alpha value is -3.53. The molecule has 3 aromatic rings. The number of amides is 2. The number of sulfonamides is 1. The number of hydrogen-bond donors (Lipinski definition) is 2. The smallest absolute Gasteiger partial charge is 0.247 e. The van der Waals surface area contributed by atoms with Crippen LogP contribution < -0.4 is 10.0 Å². The summed E-state index contributed by atoms with van der Waals surface area (Å²) in [5, 5.41) is 2.99. The molecule has 0 saturated carbocycles. The summed E-state index contributed by atoms with van der Waals surface area (Å²) in [6, 6.07) is 24.6. The van der Waals surface area contributed by atoms with Crippen LogP contribution in [-0.2, 0) is 37.3 Å². The molecule has 3 aromatic carbocycles. The molecule has 0 aliphatic rings. The van der Waals surface area contributed by atoms with Gasteiger partial charge in [0.25, 0.3) is 0 Å². The zero-order valence-corrected chi connectivity index (χ0v) is 24.0. The molecular weight excluding hydrogens is 526 g/mol. The molecule has 2 N–H and O–H groups in total. The van der Waals surface area contributed by atoms with Gasteiger partial charge in [-0.15, -0.1) is 0 Å². The van der Waals surface area contributed by atoms with Crippen LogP contribution in [0.15, 0.2) is 89.8 Å². The second kappa shape index (κ2) is 15.9. The number of aryl methyl sites for hydroxylation is 1. The molecule has 0 aliphatic carbocycles. The van der Waals surface area contributed by atoms with E-state index in [1.165, 1.54) is 0 Å². The second-order valence-electron chi connectivity index (χ2n) is 9.31. The first-order valence-electron chi connectivity index (χ1n) is 13.7. The van der Waals surface area contributed by atoms with E-state index >= 15 is 0 Å². The van der Waals surface area contributed by atoms with Gasteiger partial charge >= 0.3 is 0 Å². The van der Waals surface area contributed by atoms with Crippen LogP contribution in [0.2, 0.25) is 0 Å². The fourth-order valence-corrected chi connectivity index (χ4v) is 5.38. The van der Waals surface area contributed by atoms with Gasteiger partial charge in [-0.1, -0.05) is 79.7 Å². The molecule has 0 aliphatic heterocycles. The van der Waals surface area contributed by atoms with Gasteiger partial charge in [-0.2, -0.15) is 0 Å². The highest BCUT2D eigenvalue weighted by atomic mass is 32.2. The number of hydrogen-bond acceptors (Lipinski definition) is 5. The molecule has 0 fully saturated rings. The van der Waals surface area contributed by atoms with Crippen LogP contribution in [-0.4, -0.2) is 51.4 Å². The van der Waals surface area contributed by atoms with Gasteiger partial charge in [0.15, 0.2) is 0 Å². The van der Waals surface area contributed by atoms with Crippen LogP contribution in [0, 0.1) is 0 Å². The Labute approximate surface area is 237 Å². The van der Waals surface area contributed by atoms with Crippen LogP contribution >= 0.6 is 0 Å². The first-order chi connectivity index (χ1) is 19.4. The first-order valence-corrected chi connectivity index (χ1v) is 15.2. The predicted molar refractivity (Wildman–Crippen MR) is 156 cm³/mol. The summed E-state index contributed by atoms with van der Waals surface area (Å²) in [5.41, 5.74) is 2.48. The van der Waals surface area contributed by atoms with Crippen LogP contribution in [0.5, 0.6) is 0 Å². The van der Waals surface area contributed by atoms with Gasteiger partial charge < -0.3 is 15.0 Å². The molecule has 0 heterocycles. The maximum absolute atomic E-state index is 13.8. The van der Waals surface area contributed by atoms with Crippen molar-refractivity contribution >= 4 is 21.8 Å².